The van der Waals surface area contributed by atoms with Gasteiger partial charge in [0, 0.05) is 11.1 Å². The van der Waals surface area contributed by atoms with E-state index in [0.717, 1.165) is 16.7 Å². The summed E-state index contributed by atoms with van der Waals surface area (Å²) in [5.41, 5.74) is 10.8. The molecule has 0 atom stereocenters. The van der Waals surface area contributed by atoms with Gasteiger partial charge in [-0.15, -0.1) is 0 Å². The van der Waals surface area contributed by atoms with Gasteiger partial charge in [0.05, 0.1) is 16.8 Å². The lowest BCUT2D eigenvalue weighted by molar-refractivity contribution is 0.571. The number of aromatic nitrogens is 1. The Morgan fingerprint density at radius 1 is 1.07 bits per heavy atom. The Kier molecular flexibility index (Phi) is 4.26. The Morgan fingerprint density at radius 2 is 1.79 bits per heavy atom. The summed E-state index contributed by atoms with van der Waals surface area (Å²) in [4.78, 5) is 4.31. The average Bonchev–Trinajstić information content (AvgIpc) is 3.26. The fraction of sp³-hybridized carbons (Fsp3) is 0.0870. The number of hydrogen-bond donors (Lipinski definition) is 1. The summed E-state index contributed by atoms with van der Waals surface area (Å²) in [5, 5.41) is 19.0. The van der Waals surface area contributed by atoms with Crippen LogP contribution in [0.1, 0.15) is 35.1 Å². The Morgan fingerprint density at radius 3 is 2.45 bits per heavy atom. The summed E-state index contributed by atoms with van der Waals surface area (Å²) in [5.74, 6) is 0.966. The smallest absolute Gasteiger partial charge is 0.142 e. The number of fused-ring (bicyclic) bond motifs is 1. The Bertz CT molecular complexity index is 1300. The number of furan rings is 1. The first-order valence-electron chi connectivity index (χ1n) is 8.84. The zero-order valence-corrected chi connectivity index (χ0v) is 15.7. The van der Waals surface area contributed by atoms with Gasteiger partial charge in [0.15, 0.2) is 0 Å². The highest BCUT2D eigenvalue weighted by molar-refractivity contribution is 6.08. The van der Waals surface area contributed by atoms with E-state index in [2.05, 4.69) is 17.1 Å². The molecule has 0 radical (unpaired) electrons. The van der Waals surface area contributed by atoms with E-state index < -0.39 is 0 Å². The van der Waals surface area contributed by atoms with Crippen LogP contribution in [-0.2, 0) is 0 Å². The van der Waals surface area contributed by atoms with Gasteiger partial charge in [0.1, 0.15) is 35.3 Å². The lowest BCUT2D eigenvalue weighted by Crippen LogP contribution is -2.03. The van der Waals surface area contributed by atoms with Crippen LogP contribution in [0.2, 0.25) is 0 Å². The molecule has 0 bridgehead atoms. The van der Waals surface area contributed by atoms with Crippen molar-refractivity contribution < 1.29 is 8.81 Å². The zero-order valence-electron chi connectivity index (χ0n) is 15.7. The van der Waals surface area contributed by atoms with E-state index in [-0.39, 0.29) is 11.6 Å². The van der Waals surface area contributed by atoms with E-state index in [9.17, 15) is 14.9 Å². The van der Waals surface area contributed by atoms with Crippen molar-refractivity contribution in [1.82, 2.24) is 4.98 Å². The number of halogens is 1. The Hall–Kier alpha value is -4.16. The standard InChI is InChI=1S/C23H15FN4O/c1-12-17(9-16-7-8-20(29-16)14-3-5-15(24)6-4-14)21-13(2)19(11-26)23(27)28-22(21)18(12)10-25/h3-9H,1-2H3,(H2,27,28). The molecule has 3 aromatic rings. The van der Waals surface area contributed by atoms with Crippen LogP contribution in [-0.4, -0.2) is 4.98 Å². The van der Waals surface area contributed by atoms with Crippen LogP contribution in [0.25, 0.3) is 28.5 Å². The number of hydrogen-bond acceptors (Lipinski definition) is 5. The van der Waals surface area contributed by atoms with Crippen LogP contribution in [0.5, 0.6) is 0 Å². The molecule has 0 saturated heterocycles. The number of nitrogens with zero attached hydrogens (tertiary/aromatic N) is 3. The maximum Gasteiger partial charge on any atom is 0.142 e. The number of benzene rings is 1. The summed E-state index contributed by atoms with van der Waals surface area (Å²) in [6, 6.07) is 13.9. The molecular formula is C23H15FN4O. The van der Waals surface area contributed by atoms with E-state index >= 15 is 0 Å². The molecule has 2 aromatic heterocycles. The van der Waals surface area contributed by atoms with E-state index in [4.69, 9.17) is 10.2 Å². The number of nitrogen functional groups attached to an aromatic ring is 1. The maximum atomic E-state index is 13.2. The van der Waals surface area contributed by atoms with Gasteiger partial charge in [0.25, 0.3) is 0 Å². The third kappa shape index (κ3) is 2.88. The molecule has 0 spiro atoms. The van der Waals surface area contributed by atoms with Crippen molar-refractivity contribution in [3.8, 4) is 23.5 Å². The van der Waals surface area contributed by atoms with Crippen molar-refractivity contribution in [2.45, 2.75) is 13.8 Å². The molecule has 0 fully saturated rings. The fourth-order valence-corrected chi connectivity index (χ4v) is 3.54. The first kappa shape index (κ1) is 18.2. The molecule has 0 unspecified atom stereocenters. The fourth-order valence-electron chi connectivity index (χ4n) is 3.54. The number of nitriles is 2. The highest BCUT2D eigenvalue weighted by Gasteiger charge is 2.29. The SMILES string of the molecule is CC1=C(C#N)c2nc(N)c(C#N)c(C)c2C1=Cc1ccc(-c2ccc(F)cc2)o1. The van der Waals surface area contributed by atoms with Gasteiger partial charge in [0.2, 0.25) is 0 Å². The average molecular weight is 382 g/mol. The molecule has 2 heterocycles. The van der Waals surface area contributed by atoms with Crippen molar-refractivity contribution in [3.05, 3.63) is 75.9 Å². The molecule has 4 rings (SSSR count). The minimum Gasteiger partial charge on any atom is -0.457 e. The third-order valence-corrected chi connectivity index (χ3v) is 5.03. The number of rotatable bonds is 2. The Labute approximate surface area is 166 Å². The predicted molar refractivity (Wildman–Crippen MR) is 108 cm³/mol. The van der Waals surface area contributed by atoms with Crippen molar-refractivity contribution in [2.75, 3.05) is 5.73 Å². The maximum absolute atomic E-state index is 13.2. The van der Waals surface area contributed by atoms with Crippen molar-refractivity contribution in [2.24, 2.45) is 0 Å². The number of anilines is 1. The topological polar surface area (TPSA) is 99.6 Å². The third-order valence-electron chi connectivity index (χ3n) is 5.03. The van der Waals surface area contributed by atoms with Crippen LogP contribution < -0.4 is 5.73 Å². The van der Waals surface area contributed by atoms with Gasteiger partial charge in [-0.3, -0.25) is 0 Å². The second kappa shape index (κ2) is 6.78. The van der Waals surface area contributed by atoms with Crippen molar-refractivity contribution in [3.63, 3.8) is 0 Å². The molecule has 6 heteroatoms. The first-order chi connectivity index (χ1) is 13.9. The molecule has 0 saturated carbocycles. The minimum absolute atomic E-state index is 0.113. The van der Waals surface area contributed by atoms with Gasteiger partial charge in [-0.25, -0.2) is 9.37 Å². The first-order valence-corrected chi connectivity index (χ1v) is 8.84. The molecule has 1 aliphatic rings. The largest absolute Gasteiger partial charge is 0.457 e. The zero-order chi connectivity index (χ0) is 20.7. The molecule has 0 amide bonds. The van der Waals surface area contributed by atoms with Crippen LogP contribution >= 0.6 is 0 Å². The van der Waals surface area contributed by atoms with E-state index in [1.807, 2.05) is 13.0 Å². The summed E-state index contributed by atoms with van der Waals surface area (Å²) in [6.07, 6.45) is 1.82. The lowest BCUT2D eigenvalue weighted by atomic mass is 9.96. The van der Waals surface area contributed by atoms with Crippen molar-refractivity contribution in [1.29, 1.82) is 10.5 Å². The predicted octanol–water partition coefficient (Wildman–Crippen LogP) is 5.09. The number of pyridine rings is 1. The molecular weight excluding hydrogens is 367 g/mol. The van der Waals surface area contributed by atoms with Gasteiger partial charge in [-0.2, -0.15) is 10.5 Å². The number of allylic oxidation sites excluding steroid dienone is 3. The highest BCUT2D eigenvalue weighted by atomic mass is 19.1. The second-order valence-corrected chi connectivity index (χ2v) is 6.71. The quantitative estimate of drug-likeness (QED) is 0.665. The van der Waals surface area contributed by atoms with E-state index in [1.165, 1.54) is 12.1 Å². The normalized spacial score (nSPS) is 14.0. The van der Waals surface area contributed by atoms with Crippen LogP contribution in [0.15, 0.2) is 46.4 Å². The summed E-state index contributed by atoms with van der Waals surface area (Å²) in [7, 11) is 0. The van der Waals surface area contributed by atoms with Crippen LogP contribution in [0.3, 0.4) is 0 Å². The molecule has 5 nitrogen and oxygen atoms in total. The lowest BCUT2D eigenvalue weighted by Gasteiger charge is -2.10. The van der Waals surface area contributed by atoms with Gasteiger partial charge < -0.3 is 10.2 Å². The van der Waals surface area contributed by atoms with E-state index in [1.54, 1.807) is 31.2 Å². The van der Waals surface area contributed by atoms with Gasteiger partial charge in [-0.05, 0) is 73.0 Å². The van der Waals surface area contributed by atoms with Crippen molar-refractivity contribution >= 4 is 23.0 Å². The minimum atomic E-state index is -0.314. The highest BCUT2D eigenvalue weighted by Crippen LogP contribution is 2.44. The molecule has 1 aromatic carbocycles. The van der Waals surface area contributed by atoms with Gasteiger partial charge >= 0.3 is 0 Å². The second-order valence-electron chi connectivity index (χ2n) is 6.71. The molecule has 1 aliphatic carbocycles. The molecule has 140 valence electrons. The van der Waals surface area contributed by atoms with Gasteiger partial charge in [-0.1, -0.05) is 0 Å². The molecule has 0 aliphatic heterocycles. The van der Waals surface area contributed by atoms with Crippen LogP contribution in [0, 0.1) is 35.4 Å². The van der Waals surface area contributed by atoms with E-state index in [0.29, 0.717) is 39.5 Å². The molecule has 29 heavy (non-hydrogen) atoms. The summed E-state index contributed by atoms with van der Waals surface area (Å²) in [6.45, 7) is 3.63. The van der Waals surface area contributed by atoms with Crippen LogP contribution in [0.4, 0.5) is 10.2 Å². The number of nitrogens with two attached hydrogens (primary N) is 1. The monoisotopic (exact) mass is 382 g/mol. The molecule has 2 N–H and O–H groups in total. The summed E-state index contributed by atoms with van der Waals surface area (Å²) < 4.78 is 19.1. The summed E-state index contributed by atoms with van der Waals surface area (Å²) >= 11 is 0. The Balaban J connectivity index is 1.86.